The molecule has 1 aromatic rings. The normalized spacial score (nSPS) is 21.3. The maximum atomic E-state index is 12.1. The predicted octanol–water partition coefficient (Wildman–Crippen LogP) is 2.39. The van der Waals surface area contributed by atoms with Crippen molar-refractivity contribution in [2.75, 3.05) is 0 Å². The van der Waals surface area contributed by atoms with Gasteiger partial charge in [0, 0.05) is 17.1 Å². The summed E-state index contributed by atoms with van der Waals surface area (Å²) in [7, 11) is 0. The summed E-state index contributed by atoms with van der Waals surface area (Å²) in [6.07, 6.45) is 7.90. The second kappa shape index (κ2) is 4.97. The minimum atomic E-state index is 0.0353. The molecule has 2 aliphatic rings. The molecule has 2 saturated carbocycles. The van der Waals surface area contributed by atoms with Crippen LogP contribution in [0, 0.1) is 0 Å². The number of hydrogen-bond acceptors (Lipinski definition) is 2. The average molecular weight is 258 g/mol. The molecule has 3 N–H and O–H groups in total. The van der Waals surface area contributed by atoms with Crippen molar-refractivity contribution in [2.45, 2.75) is 56.5 Å². The molecule has 0 heterocycles. The molecule has 3 heteroatoms. The Labute approximate surface area is 114 Å². The van der Waals surface area contributed by atoms with Crippen LogP contribution in [-0.2, 0) is 6.42 Å². The van der Waals surface area contributed by atoms with Crippen molar-refractivity contribution < 1.29 is 4.79 Å². The van der Waals surface area contributed by atoms with Crippen molar-refractivity contribution >= 4 is 5.91 Å². The highest BCUT2D eigenvalue weighted by Gasteiger charge is 2.37. The fourth-order valence-electron chi connectivity index (χ4n) is 2.86. The van der Waals surface area contributed by atoms with Crippen molar-refractivity contribution in [3.05, 3.63) is 35.4 Å². The van der Waals surface area contributed by atoms with Gasteiger partial charge < -0.3 is 11.1 Å². The van der Waals surface area contributed by atoms with Crippen LogP contribution in [0.2, 0.25) is 0 Å². The van der Waals surface area contributed by atoms with E-state index in [-0.39, 0.29) is 11.4 Å². The van der Waals surface area contributed by atoms with E-state index in [0.717, 1.165) is 37.7 Å². The summed E-state index contributed by atoms with van der Waals surface area (Å²) in [4.78, 5) is 12.1. The van der Waals surface area contributed by atoms with Crippen LogP contribution in [0.4, 0.5) is 0 Å². The van der Waals surface area contributed by atoms with E-state index in [1.54, 1.807) is 0 Å². The summed E-state index contributed by atoms with van der Waals surface area (Å²) in [6.45, 7) is 0. The molecule has 3 nitrogen and oxygen atoms in total. The van der Waals surface area contributed by atoms with E-state index in [9.17, 15) is 4.79 Å². The third-order valence-electron chi connectivity index (χ3n) is 4.35. The molecule has 2 aliphatic carbocycles. The van der Waals surface area contributed by atoms with Crippen LogP contribution in [0.15, 0.2) is 24.3 Å². The van der Waals surface area contributed by atoms with Gasteiger partial charge in [0.2, 0.25) is 0 Å². The Kier molecular flexibility index (Phi) is 3.31. The van der Waals surface area contributed by atoms with Gasteiger partial charge in [0.05, 0.1) is 0 Å². The molecule has 3 rings (SSSR count). The number of hydrogen-bond donors (Lipinski definition) is 2. The summed E-state index contributed by atoms with van der Waals surface area (Å²) in [5, 5.41) is 3.11. The minimum absolute atomic E-state index is 0.0353. The molecule has 0 saturated heterocycles. The molecular weight excluding hydrogens is 236 g/mol. The Hall–Kier alpha value is -1.35. The zero-order valence-electron chi connectivity index (χ0n) is 11.3. The fourth-order valence-corrected chi connectivity index (χ4v) is 2.86. The molecule has 1 amide bonds. The van der Waals surface area contributed by atoms with Gasteiger partial charge in [-0.15, -0.1) is 0 Å². The summed E-state index contributed by atoms with van der Waals surface area (Å²) >= 11 is 0. The number of carbonyl (C=O) groups is 1. The first-order chi connectivity index (χ1) is 9.15. The second-order valence-corrected chi connectivity index (χ2v) is 6.19. The van der Waals surface area contributed by atoms with Crippen LogP contribution in [0.1, 0.15) is 54.4 Å². The van der Waals surface area contributed by atoms with Crippen LogP contribution in [0.5, 0.6) is 0 Å². The van der Waals surface area contributed by atoms with E-state index in [1.807, 2.05) is 24.3 Å². The largest absolute Gasteiger partial charge is 0.349 e. The summed E-state index contributed by atoms with van der Waals surface area (Å²) in [5.74, 6) is 0.0623. The molecule has 102 valence electrons. The van der Waals surface area contributed by atoms with Gasteiger partial charge >= 0.3 is 0 Å². The van der Waals surface area contributed by atoms with Gasteiger partial charge in [-0.1, -0.05) is 25.0 Å². The first-order valence-electron chi connectivity index (χ1n) is 7.33. The SMILES string of the molecule is NC1(Cc2ccc(C(=O)NC3CCCC3)cc2)CC1. The third kappa shape index (κ3) is 3.16. The highest BCUT2D eigenvalue weighted by atomic mass is 16.1. The second-order valence-electron chi connectivity index (χ2n) is 6.19. The summed E-state index contributed by atoms with van der Waals surface area (Å²) < 4.78 is 0. The van der Waals surface area contributed by atoms with Crippen molar-refractivity contribution in [2.24, 2.45) is 5.73 Å². The number of amides is 1. The van der Waals surface area contributed by atoms with E-state index in [2.05, 4.69) is 5.32 Å². The number of nitrogens with two attached hydrogens (primary N) is 1. The van der Waals surface area contributed by atoms with Crippen molar-refractivity contribution in [3.63, 3.8) is 0 Å². The molecule has 0 unspecified atom stereocenters. The number of carbonyl (C=O) groups excluding carboxylic acids is 1. The summed E-state index contributed by atoms with van der Waals surface area (Å²) in [5.41, 5.74) is 8.14. The van der Waals surface area contributed by atoms with Crippen molar-refractivity contribution in [1.82, 2.24) is 5.32 Å². The van der Waals surface area contributed by atoms with Crippen LogP contribution in [0.25, 0.3) is 0 Å². The number of nitrogens with one attached hydrogen (secondary N) is 1. The Bertz CT molecular complexity index is 456. The van der Waals surface area contributed by atoms with E-state index in [4.69, 9.17) is 5.73 Å². The molecule has 1 aromatic carbocycles. The molecule has 0 radical (unpaired) electrons. The van der Waals surface area contributed by atoms with E-state index < -0.39 is 0 Å². The lowest BCUT2D eigenvalue weighted by molar-refractivity contribution is 0.0938. The van der Waals surface area contributed by atoms with E-state index >= 15 is 0 Å². The van der Waals surface area contributed by atoms with Gasteiger partial charge in [-0.25, -0.2) is 0 Å². The maximum absolute atomic E-state index is 12.1. The Morgan fingerprint density at radius 2 is 1.84 bits per heavy atom. The van der Waals surface area contributed by atoms with E-state index in [0.29, 0.717) is 6.04 Å². The van der Waals surface area contributed by atoms with Crippen LogP contribution in [0.3, 0.4) is 0 Å². The topological polar surface area (TPSA) is 55.1 Å². The maximum Gasteiger partial charge on any atom is 0.251 e. The van der Waals surface area contributed by atoms with Crippen LogP contribution >= 0.6 is 0 Å². The molecule has 2 fully saturated rings. The van der Waals surface area contributed by atoms with Crippen molar-refractivity contribution in [1.29, 1.82) is 0 Å². The molecular formula is C16H22N2O. The summed E-state index contributed by atoms with van der Waals surface area (Å²) in [6, 6.07) is 8.30. The van der Waals surface area contributed by atoms with E-state index in [1.165, 1.54) is 18.4 Å². The standard InChI is InChI=1S/C16H22N2O/c17-16(9-10-16)11-12-5-7-13(8-6-12)15(19)18-14-3-1-2-4-14/h5-8,14H,1-4,9-11,17H2,(H,18,19). The van der Waals surface area contributed by atoms with Gasteiger partial charge in [0.25, 0.3) is 5.91 Å². The Morgan fingerprint density at radius 1 is 1.21 bits per heavy atom. The first-order valence-corrected chi connectivity index (χ1v) is 7.33. The zero-order chi connectivity index (χ0) is 13.3. The highest BCUT2D eigenvalue weighted by Crippen LogP contribution is 2.35. The fraction of sp³-hybridized carbons (Fsp3) is 0.562. The van der Waals surface area contributed by atoms with Gasteiger partial charge in [-0.2, -0.15) is 0 Å². The molecule has 0 bridgehead atoms. The third-order valence-corrected chi connectivity index (χ3v) is 4.35. The van der Waals surface area contributed by atoms with Crippen LogP contribution < -0.4 is 11.1 Å². The molecule has 19 heavy (non-hydrogen) atoms. The van der Waals surface area contributed by atoms with Gasteiger partial charge in [-0.3, -0.25) is 4.79 Å². The molecule has 0 aromatic heterocycles. The van der Waals surface area contributed by atoms with Gasteiger partial charge in [0.15, 0.2) is 0 Å². The molecule has 0 spiro atoms. The van der Waals surface area contributed by atoms with Gasteiger partial charge in [-0.05, 0) is 49.8 Å². The Morgan fingerprint density at radius 3 is 2.42 bits per heavy atom. The number of rotatable bonds is 4. The zero-order valence-corrected chi connectivity index (χ0v) is 11.3. The minimum Gasteiger partial charge on any atom is -0.349 e. The molecule has 0 atom stereocenters. The van der Waals surface area contributed by atoms with Crippen molar-refractivity contribution in [3.8, 4) is 0 Å². The van der Waals surface area contributed by atoms with Gasteiger partial charge in [0.1, 0.15) is 0 Å². The predicted molar refractivity (Wildman–Crippen MR) is 76.0 cm³/mol. The quantitative estimate of drug-likeness (QED) is 0.871. The smallest absolute Gasteiger partial charge is 0.251 e. The lowest BCUT2D eigenvalue weighted by atomic mass is 10.0. The average Bonchev–Trinajstić information content (AvgIpc) is 2.91. The highest BCUT2D eigenvalue weighted by molar-refractivity contribution is 5.94. The lowest BCUT2D eigenvalue weighted by Crippen LogP contribution is -2.32. The Balaban J connectivity index is 1.59. The lowest BCUT2D eigenvalue weighted by Gasteiger charge is -2.12. The molecule has 0 aliphatic heterocycles. The number of benzene rings is 1. The van der Waals surface area contributed by atoms with Crippen LogP contribution in [-0.4, -0.2) is 17.5 Å². The monoisotopic (exact) mass is 258 g/mol. The first kappa shape index (κ1) is 12.7.